The second-order valence-corrected chi connectivity index (χ2v) is 4.66. The van der Waals surface area contributed by atoms with Gasteiger partial charge >= 0.3 is 5.97 Å². The maximum absolute atomic E-state index is 10.9. The van der Waals surface area contributed by atoms with E-state index >= 15 is 0 Å². The van der Waals surface area contributed by atoms with Crippen LogP contribution in [0.3, 0.4) is 0 Å². The Morgan fingerprint density at radius 2 is 2.21 bits per heavy atom. The van der Waals surface area contributed by atoms with Gasteiger partial charge in [-0.25, -0.2) is 0 Å². The van der Waals surface area contributed by atoms with E-state index in [9.17, 15) is 9.90 Å². The zero-order valence-corrected chi connectivity index (χ0v) is 9.20. The number of esters is 1. The van der Waals surface area contributed by atoms with Gasteiger partial charge in [0.2, 0.25) is 0 Å². The highest BCUT2D eigenvalue weighted by Gasteiger charge is 2.38. The number of ether oxygens (including phenoxy) is 1. The summed E-state index contributed by atoms with van der Waals surface area (Å²) in [4.78, 5) is 10.9. The van der Waals surface area contributed by atoms with Gasteiger partial charge in [0.1, 0.15) is 6.10 Å². The Bertz CT molecular complexity index is 266. The summed E-state index contributed by atoms with van der Waals surface area (Å²) in [5, 5.41) is 9.55. The summed E-state index contributed by atoms with van der Waals surface area (Å²) in [6.45, 7) is 7.30. The third kappa shape index (κ3) is 2.35. The molecular formula is C11H18O3. The van der Waals surface area contributed by atoms with Gasteiger partial charge in [-0.15, -0.1) is 0 Å². The molecule has 2 atom stereocenters. The summed E-state index contributed by atoms with van der Waals surface area (Å²) in [7, 11) is 0. The summed E-state index contributed by atoms with van der Waals surface area (Å²) in [6.07, 6.45) is 1.77. The Morgan fingerprint density at radius 3 is 2.64 bits per heavy atom. The largest absolute Gasteiger partial charge is 0.457 e. The van der Waals surface area contributed by atoms with Crippen LogP contribution in [0.15, 0.2) is 11.6 Å². The van der Waals surface area contributed by atoms with Crippen molar-refractivity contribution < 1.29 is 14.6 Å². The van der Waals surface area contributed by atoms with Gasteiger partial charge in [-0.05, 0) is 18.9 Å². The topological polar surface area (TPSA) is 46.5 Å². The third-order valence-electron chi connectivity index (χ3n) is 2.60. The third-order valence-corrected chi connectivity index (χ3v) is 2.60. The minimum atomic E-state index is -0.420. The molecule has 1 aliphatic rings. The van der Waals surface area contributed by atoms with Crippen molar-refractivity contribution in [1.82, 2.24) is 0 Å². The summed E-state index contributed by atoms with van der Waals surface area (Å²) in [5.41, 5.74) is 0.744. The molecule has 1 N–H and O–H groups in total. The van der Waals surface area contributed by atoms with Gasteiger partial charge in [0.25, 0.3) is 0 Å². The second kappa shape index (κ2) is 3.73. The van der Waals surface area contributed by atoms with E-state index in [1.54, 1.807) is 6.08 Å². The van der Waals surface area contributed by atoms with Crippen molar-refractivity contribution in [2.75, 3.05) is 0 Å². The molecule has 80 valence electrons. The van der Waals surface area contributed by atoms with Crippen LogP contribution in [0.5, 0.6) is 0 Å². The lowest BCUT2D eigenvalue weighted by molar-refractivity contribution is -0.151. The number of rotatable bonds is 1. The molecule has 0 fully saturated rings. The zero-order valence-electron chi connectivity index (χ0n) is 9.20. The maximum Gasteiger partial charge on any atom is 0.303 e. The molecule has 0 heterocycles. The molecule has 0 saturated carbocycles. The van der Waals surface area contributed by atoms with E-state index in [4.69, 9.17) is 4.74 Å². The van der Waals surface area contributed by atoms with Crippen molar-refractivity contribution in [2.45, 2.75) is 46.3 Å². The lowest BCUT2D eigenvalue weighted by Gasteiger charge is -2.39. The van der Waals surface area contributed by atoms with Crippen molar-refractivity contribution in [3.8, 4) is 0 Å². The molecule has 0 aromatic carbocycles. The lowest BCUT2D eigenvalue weighted by atomic mass is 9.74. The van der Waals surface area contributed by atoms with Crippen molar-refractivity contribution in [3.63, 3.8) is 0 Å². The monoisotopic (exact) mass is 198 g/mol. The molecule has 1 rings (SSSR count). The predicted octanol–water partition coefficient (Wildman–Crippen LogP) is 1.66. The van der Waals surface area contributed by atoms with Crippen molar-refractivity contribution in [3.05, 3.63) is 11.6 Å². The molecule has 0 spiro atoms. The van der Waals surface area contributed by atoms with Crippen LogP contribution < -0.4 is 0 Å². The molecule has 0 aliphatic heterocycles. The maximum atomic E-state index is 10.9. The van der Waals surface area contributed by atoms with Crippen LogP contribution in [-0.4, -0.2) is 23.3 Å². The Kier molecular flexibility index (Phi) is 3.00. The molecule has 14 heavy (non-hydrogen) atoms. The van der Waals surface area contributed by atoms with Gasteiger partial charge in [-0.2, -0.15) is 0 Å². The molecule has 0 aromatic heterocycles. The number of aliphatic hydroxyl groups excluding tert-OH is 1. The van der Waals surface area contributed by atoms with Gasteiger partial charge in [-0.1, -0.05) is 19.9 Å². The van der Waals surface area contributed by atoms with Crippen molar-refractivity contribution >= 4 is 5.97 Å². The zero-order chi connectivity index (χ0) is 10.9. The molecule has 3 nitrogen and oxygen atoms in total. The molecule has 0 radical (unpaired) electrons. The first-order valence-corrected chi connectivity index (χ1v) is 4.86. The van der Waals surface area contributed by atoms with Crippen LogP contribution in [-0.2, 0) is 9.53 Å². The summed E-state index contributed by atoms with van der Waals surface area (Å²) < 4.78 is 5.25. The number of carbonyl (C=O) groups excluding carboxylic acids is 1. The average molecular weight is 198 g/mol. The van der Waals surface area contributed by atoms with Crippen LogP contribution >= 0.6 is 0 Å². The summed E-state index contributed by atoms with van der Waals surface area (Å²) in [6, 6.07) is 0. The molecular weight excluding hydrogens is 180 g/mol. The minimum absolute atomic E-state index is 0.191. The number of hydrogen-bond donors (Lipinski definition) is 1. The van der Waals surface area contributed by atoms with Gasteiger partial charge in [0, 0.05) is 12.3 Å². The van der Waals surface area contributed by atoms with E-state index in [0.29, 0.717) is 6.42 Å². The number of carbonyl (C=O) groups is 1. The highest BCUT2D eigenvalue weighted by atomic mass is 16.5. The molecule has 0 bridgehead atoms. The Morgan fingerprint density at radius 1 is 1.64 bits per heavy atom. The Labute approximate surface area is 84.8 Å². The van der Waals surface area contributed by atoms with E-state index in [1.807, 2.05) is 20.8 Å². The van der Waals surface area contributed by atoms with Crippen LogP contribution in [0.1, 0.15) is 34.1 Å². The number of aliphatic hydroxyl groups is 1. The normalized spacial score (nSPS) is 30.8. The van der Waals surface area contributed by atoms with E-state index < -0.39 is 6.10 Å². The van der Waals surface area contributed by atoms with Crippen LogP contribution in [0.2, 0.25) is 0 Å². The fraction of sp³-hybridized carbons (Fsp3) is 0.727. The Balaban J connectivity index is 2.89. The van der Waals surface area contributed by atoms with Gasteiger partial charge in [0.15, 0.2) is 0 Å². The van der Waals surface area contributed by atoms with E-state index in [2.05, 4.69) is 0 Å². The first-order valence-electron chi connectivity index (χ1n) is 4.86. The number of hydrogen-bond acceptors (Lipinski definition) is 3. The molecule has 0 unspecified atom stereocenters. The SMILES string of the molecule is CC(=O)O[C@@H]1C(C)=C[C@H](O)CC1(C)C. The minimum Gasteiger partial charge on any atom is -0.457 e. The molecule has 0 saturated heterocycles. The fourth-order valence-electron chi connectivity index (χ4n) is 2.13. The van der Waals surface area contributed by atoms with Crippen LogP contribution in [0, 0.1) is 5.41 Å². The molecule has 3 heteroatoms. The summed E-state index contributed by atoms with van der Waals surface area (Å²) in [5.74, 6) is -0.271. The molecule has 1 aliphatic carbocycles. The molecule has 0 amide bonds. The highest BCUT2D eigenvalue weighted by molar-refractivity contribution is 5.66. The van der Waals surface area contributed by atoms with Crippen molar-refractivity contribution in [2.24, 2.45) is 5.41 Å². The van der Waals surface area contributed by atoms with Gasteiger partial charge < -0.3 is 9.84 Å². The van der Waals surface area contributed by atoms with E-state index in [0.717, 1.165) is 5.57 Å². The van der Waals surface area contributed by atoms with Crippen LogP contribution in [0.25, 0.3) is 0 Å². The second-order valence-electron chi connectivity index (χ2n) is 4.66. The smallest absolute Gasteiger partial charge is 0.303 e. The highest BCUT2D eigenvalue weighted by Crippen LogP contribution is 2.37. The van der Waals surface area contributed by atoms with E-state index in [1.165, 1.54) is 6.92 Å². The van der Waals surface area contributed by atoms with Gasteiger partial charge in [-0.3, -0.25) is 4.79 Å². The average Bonchev–Trinajstić information content (AvgIpc) is 1.95. The standard InChI is InChI=1S/C11H18O3/c1-7-5-9(13)6-11(3,4)10(7)14-8(2)12/h5,9-10,13H,6H2,1-4H3/t9-,10+/m0/s1. The van der Waals surface area contributed by atoms with Crippen molar-refractivity contribution in [1.29, 1.82) is 0 Å². The predicted molar refractivity (Wildman–Crippen MR) is 53.7 cm³/mol. The fourth-order valence-corrected chi connectivity index (χ4v) is 2.13. The van der Waals surface area contributed by atoms with Crippen LogP contribution in [0.4, 0.5) is 0 Å². The van der Waals surface area contributed by atoms with Gasteiger partial charge in [0.05, 0.1) is 6.10 Å². The summed E-state index contributed by atoms with van der Waals surface area (Å²) >= 11 is 0. The lowest BCUT2D eigenvalue weighted by Crippen LogP contribution is -2.40. The molecule has 0 aromatic rings. The first kappa shape index (κ1) is 11.2. The van der Waals surface area contributed by atoms with E-state index in [-0.39, 0.29) is 17.5 Å². The Hall–Kier alpha value is -0.830. The quantitative estimate of drug-likeness (QED) is 0.515. The first-order chi connectivity index (χ1) is 6.33.